The minimum atomic E-state index is -0.921. The van der Waals surface area contributed by atoms with E-state index >= 15 is 0 Å². The quantitative estimate of drug-likeness (QED) is 0.0290. The highest BCUT2D eigenvalue weighted by Gasteiger charge is 2.40. The zero-order valence-electron chi connectivity index (χ0n) is 39.9. The highest BCUT2D eigenvalue weighted by molar-refractivity contribution is 5.90. The predicted octanol–water partition coefficient (Wildman–Crippen LogP) is 12.1. The molecule has 0 bridgehead atoms. The van der Waals surface area contributed by atoms with Crippen molar-refractivity contribution < 1.29 is 38.1 Å². The average Bonchev–Trinajstić information content (AvgIpc) is 3.39. The topological polar surface area (TPSA) is 105 Å². The van der Waals surface area contributed by atoms with Gasteiger partial charge in [-0.3, -0.25) is 9.59 Å². The molecule has 356 valence electrons. The zero-order valence-corrected chi connectivity index (χ0v) is 39.9. The summed E-state index contributed by atoms with van der Waals surface area (Å²) in [5, 5.41) is 0. The Balaban J connectivity index is 0.846. The highest BCUT2D eigenvalue weighted by atomic mass is 16.6. The smallest absolute Gasteiger partial charge is 0.339 e. The summed E-state index contributed by atoms with van der Waals surface area (Å²) >= 11 is 0. The molecular weight excluding hydrogens is 861 g/mol. The van der Waals surface area contributed by atoms with Crippen LogP contribution in [0.25, 0.3) is 6.08 Å². The summed E-state index contributed by atoms with van der Waals surface area (Å²) < 4.78 is 23.0. The Labute approximate surface area is 408 Å². The fraction of sp³-hybridized carbons (Fsp3) is 0.410. The first kappa shape index (κ1) is 50.1. The van der Waals surface area contributed by atoms with Crippen LogP contribution in [0, 0.1) is 65.6 Å². The second-order valence-electron chi connectivity index (χ2n) is 19.0. The molecule has 3 aliphatic carbocycles. The molecule has 0 atom stereocenters. The number of esters is 4. The minimum Gasteiger partial charge on any atom is -0.465 e. The lowest BCUT2D eigenvalue weighted by Crippen LogP contribution is -2.39. The molecule has 7 rings (SSSR count). The summed E-state index contributed by atoms with van der Waals surface area (Å²) in [5.41, 5.74) is 3.77. The van der Waals surface area contributed by atoms with Gasteiger partial charge in [0.1, 0.15) is 5.75 Å². The number of benzene rings is 4. The van der Waals surface area contributed by atoms with Gasteiger partial charge in [0.05, 0.1) is 30.6 Å². The van der Waals surface area contributed by atoms with Crippen molar-refractivity contribution in [3.63, 3.8) is 0 Å². The molecule has 0 N–H and O–H groups in total. The van der Waals surface area contributed by atoms with Crippen LogP contribution in [0.3, 0.4) is 0 Å². The van der Waals surface area contributed by atoms with Gasteiger partial charge in [0.15, 0.2) is 5.60 Å². The van der Waals surface area contributed by atoms with Gasteiger partial charge in [-0.1, -0.05) is 73.8 Å². The molecule has 3 saturated carbocycles. The van der Waals surface area contributed by atoms with Gasteiger partial charge in [-0.15, -0.1) is 6.42 Å². The van der Waals surface area contributed by atoms with E-state index in [1.54, 1.807) is 30.3 Å². The van der Waals surface area contributed by atoms with E-state index in [0.717, 1.165) is 72.3 Å². The SMILES string of the molecule is C#Cc1ccc(C#Cc2ccc(C#CC3(OC(=O)c4ccc(OC(=O)C5CCC(C(=O)OCCCCCCOC(=O)/C=C/c6ccccc6)CC5)cc4)CCC(C4CCC(C)CC4)CC3)cc2)cc1. The lowest BCUT2D eigenvalue weighted by molar-refractivity contribution is -0.152. The van der Waals surface area contributed by atoms with E-state index in [-0.39, 0.29) is 29.7 Å². The first-order valence-corrected chi connectivity index (χ1v) is 25.0. The van der Waals surface area contributed by atoms with Gasteiger partial charge in [0, 0.05) is 28.3 Å². The maximum atomic E-state index is 13.8. The Bertz CT molecular complexity index is 2520. The van der Waals surface area contributed by atoms with Crippen LogP contribution in [-0.2, 0) is 28.6 Å². The number of rotatable bonds is 15. The number of hydrogen-bond donors (Lipinski definition) is 0. The molecule has 3 fully saturated rings. The molecule has 0 unspecified atom stereocenters. The molecule has 4 aromatic rings. The molecule has 0 saturated heterocycles. The van der Waals surface area contributed by atoms with Crippen LogP contribution in [-0.4, -0.2) is 42.7 Å². The Hall–Kier alpha value is -6.82. The third-order valence-electron chi connectivity index (χ3n) is 14.0. The minimum absolute atomic E-state index is 0.219. The number of terminal acetylenes is 1. The van der Waals surface area contributed by atoms with Gasteiger partial charge in [0.2, 0.25) is 0 Å². The fourth-order valence-corrected chi connectivity index (χ4v) is 9.66. The first-order chi connectivity index (χ1) is 33.6. The van der Waals surface area contributed by atoms with Gasteiger partial charge in [-0.05, 0) is 198 Å². The van der Waals surface area contributed by atoms with E-state index in [4.69, 9.17) is 25.4 Å². The lowest BCUT2D eigenvalue weighted by Gasteiger charge is -2.40. The van der Waals surface area contributed by atoms with Crippen molar-refractivity contribution in [3.05, 3.63) is 143 Å². The van der Waals surface area contributed by atoms with Gasteiger partial charge in [0.25, 0.3) is 0 Å². The van der Waals surface area contributed by atoms with E-state index in [1.807, 2.05) is 78.9 Å². The molecule has 4 aromatic carbocycles. The molecule has 3 aliphatic rings. The maximum Gasteiger partial charge on any atom is 0.339 e. The first-order valence-electron chi connectivity index (χ1n) is 25.0. The van der Waals surface area contributed by atoms with Crippen LogP contribution in [0.5, 0.6) is 5.75 Å². The van der Waals surface area contributed by atoms with Gasteiger partial charge < -0.3 is 18.9 Å². The van der Waals surface area contributed by atoms with E-state index in [2.05, 4.69) is 36.5 Å². The van der Waals surface area contributed by atoms with E-state index in [9.17, 15) is 19.2 Å². The number of unbranched alkanes of at least 4 members (excludes halogenated alkanes) is 3. The number of ether oxygens (including phenoxy) is 4. The molecular formula is C61H64O8. The summed E-state index contributed by atoms with van der Waals surface area (Å²) in [6.45, 7) is 3.04. The lowest BCUT2D eigenvalue weighted by atomic mass is 9.68. The molecule has 0 heterocycles. The van der Waals surface area contributed by atoms with Crippen molar-refractivity contribution in [2.45, 2.75) is 115 Å². The largest absolute Gasteiger partial charge is 0.465 e. The third-order valence-corrected chi connectivity index (χ3v) is 14.0. The molecule has 0 radical (unpaired) electrons. The van der Waals surface area contributed by atoms with Crippen molar-refractivity contribution in [2.24, 2.45) is 29.6 Å². The maximum absolute atomic E-state index is 13.8. The van der Waals surface area contributed by atoms with E-state index < -0.39 is 11.6 Å². The summed E-state index contributed by atoms with van der Waals surface area (Å²) in [7, 11) is 0. The monoisotopic (exact) mass is 924 g/mol. The summed E-state index contributed by atoms with van der Waals surface area (Å²) in [5.74, 6) is 16.3. The van der Waals surface area contributed by atoms with E-state index in [1.165, 1.54) is 31.8 Å². The van der Waals surface area contributed by atoms with Crippen LogP contribution < -0.4 is 4.74 Å². The normalized spacial score (nSPS) is 22.1. The Kier molecular flexibility index (Phi) is 18.5. The van der Waals surface area contributed by atoms with Gasteiger partial charge in [-0.2, -0.15) is 0 Å². The van der Waals surface area contributed by atoms with Gasteiger partial charge >= 0.3 is 23.9 Å². The van der Waals surface area contributed by atoms with Crippen LogP contribution in [0.2, 0.25) is 0 Å². The molecule has 0 aliphatic heterocycles. The van der Waals surface area contributed by atoms with Crippen LogP contribution in [0.1, 0.15) is 148 Å². The number of hydrogen-bond acceptors (Lipinski definition) is 8. The average molecular weight is 925 g/mol. The molecule has 8 heteroatoms. The Morgan fingerprint density at radius 2 is 1.13 bits per heavy atom. The van der Waals surface area contributed by atoms with Crippen molar-refractivity contribution >= 4 is 30.0 Å². The standard InChI is InChI=1S/C61H64O8/c1-3-46-15-17-48(18-16-46)19-20-49-21-23-50(24-22-49)37-40-61(41-38-52(39-42-61)51-26-13-45(2)14-27-51)69-60(65)55-32-34-56(35-33-55)68-59(64)54-30-28-53(29-31-54)58(63)67-44-10-5-4-9-43-66-57(62)36-25-47-11-7-6-8-12-47/h1,6-8,11-12,15-18,21-25,32-36,45,51-54H,4-5,9-10,13-14,26-31,38-39,41-44H2,2H3/b36-25+. The summed E-state index contributed by atoms with van der Waals surface area (Å²) in [6, 6.07) is 31.5. The van der Waals surface area contributed by atoms with Crippen molar-refractivity contribution in [1.82, 2.24) is 0 Å². The fourth-order valence-electron chi connectivity index (χ4n) is 9.66. The number of carbonyl (C=O) groups is 4. The van der Waals surface area contributed by atoms with Crippen molar-refractivity contribution in [1.29, 1.82) is 0 Å². The molecule has 0 spiro atoms. The molecule has 8 nitrogen and oxygen atoms in total. The highest BCUT2D eigenvalue weighted by Crippen LogP contribution is 2.44. The molecule has 0 amide bonds. The second kappa shape index (κ2) is 25.5. The van der Waals surface area contributed by atoms with Crippen LogP contribution in [0.4, 0.5) is 0 Å². The predicted molar refractivity (Wildman–Crippen MR) is 268 cm³/mol. The van der Waals surface area contributed by atoms with Crippen molar-refractivity contribution in [3.8, 4) is 41.8 Å². The van der Waals surface area contributed by atoms with Gasteiger partial charge in [-0.25, -0.2) is 9.59 Å². The van der Waals surface area contributed by atoms with E-state index in [0.29, 0.717) is 74.9 Å². The Morgan fingerprint density at radius 3 is 1.72 bits per heavy atom. The summed E-state index contributed by atoms with van der Waals surface area (Å²) in [4.78, 5) is 51.7. The third kappa shape index (κ3) is 15.6. The second-order valence-corrected chi connectivity index (χ2v) is 19.0. The summed E-state index contributed by atoms with van der Waals surface area (Å²) in [6.07, 6.45) is 22.4. The van der Waals surface area contributed by atoms with Crippen LogP contribution in [0.15, 0.2) is 109 Å². The zero-order chi connectivity index (χ0) is 48.3. The molecule has 0 aromatic heterocycles. The van der Waals surface area contributed by atoms with Crippen molar-refractivity contribution in [2.75, 3.05) is 13.2 Å². The molecule has 69 heavy (non-hydrogen) atoms. The van der Waals surface area contributed by atoms with Crippen LogP contribution >= 0.6 is 0 Å². The number of carbonyl (C=O) groups excluding carboxylic acids is 4. The Morgan fingerprint density at radius 1 is 0.594 bits per heavy atom.